The number of aryl methyl sites for hydroxylation is 1. The second kappa shape index (κ2) is 7.82. The number of carbonyl (C=O) groups is 1. The fourth-order valence-corrected chi connectivity index (χ4v) is 2.79. The van der Waals surface area contributed by atoms with Crippen molar-refractivity contribution in [1.82, 2.24) is 15.2 Å². The number of rotatable bonds is 5. The molecule has 2 N–H and O–H groups in total. The highest BCUT2D eigenvalue weighted by molar-refractivity contribution is 6.06. The molecule has 138 valence electrons. The Morgan fingerprint density at radius 3 is 2.41 bits per heavy atom. The summed E-state index contributed by atoms with van der Waals surface area (Å²) in [6, 6.07) is 13.5. The minimum atomic E-state index is -0.488. The standard InChI is InChI=1S/C20H20N4O3/c1-3-17(13-9-11-14(25)12-10-13)21-22-19(26)18-15-7-5-6-8-16(15)20(27)24(4-2)23-18/h5-12,25H,3-4H2,1-2H3,(H,22,26)/b21-17+. The number of benzene rings is 2. The van der Waals surface area contributed by atoms with Crippen LogP contribution >= 0.6 is 0 Å². The Bertz CT molecular complexity index is 1070. The monoisotopic (exact) mass is 364 g/mol. The first-order valence-electron chi connectivity index (χ1n) is 8.71. The molecule has 0 saturated heterocycles. The molecule has 0 atom stereocenters. The number of phenols is 1. The van der Waals surface area contributed by atoms with E-state index in [2.05, 4.69) is 15.6 Å². The fraction of sp³-hybridized carbons (Fsp3) is 0.200. The number of amides is 1. The van der Waals surface area contributed by atoms with Crippen LogP contribution in [0.5, 0.6) is 5.75 Å². The molecule has 2 aromatic carbocycles. The lowest BCUT2D eigenvalue weighted by Gasteiger charge is -2.09. The predicted octanol–water partition coefficient (Wildman–Crippen LogP) is 2.67. The quantitative estimate of drug-likeness (QED) is 0.537. The van der Waals surface area contributed by atoms with Crippen LogP contribution in [0.1, 0.15) is 36.3 Å². The van der Waals surface area contributed by atoms with Crippen molar-refractivity contribution in [2.45, 2.75) is 26.8 Å². The molecule has 7 nitrogen and oxygen atoms in total. The Morgan fingerprint density at radius 1 is 1.11 bits per heavy atom. The van der Waals surface area contributed by atoms with E-state index in [0.29, 0.717) is 29.4 Å². The molecule has 7 heteroatoms. The fourth-order valence-electron chi connectivity index (χ4n) is 2.79. The number of carbonyl (C=O) groups excluding carboxylic acids is 1. The lowest BCUT2D eigenvalue weighted by atomic mass is 10.1. The van der Waals surface area contributed by atoms with Gasteiger partial charge in [0.1, 0.15) is 5.75 Å². The number of nitrogens with one attached hydrogen (secondary N) is 1. The molecule has 27 heavy (non-hydrogen) atoms. The molecule has 0 bridgehead atoms. The van der Waals surface area contributed by atoms with Crippen LogP contribution in [-0.4, -0.2) is 26.5 Å². The van der Waals surface area contributed by atoms with Crippen molar-refractivity contribution in [3.63, 3.8) is 0 Å². The van der Waals surface area contributed by atoms with Crippen LogP contribution in [0.25, 0.3) is 10.8 Å². The van der Waals surface area contributed by atoms with E-state index in [4.69, 9.17) is 0 Å². The summed E-state index contributed by atoms with van der Waals surface area (Å²) in [4.78, 5) is 25.1. The SMILES string of the molecule is CC/C(=N\NC(=O)c1nn(CC)c(=O)c2ccccc12)c1ccc(O)cc1. The van der Waals surface area contributed by atoms with Gasteiger partial charge in [-0.15, -0.1) is 0 Å². The number of hydrogen-bond acceptors (Lipinski definition) is 5. The summed E-state index contributed by atoms with van der Waals surface area (Å²) in [5.41, 5.74) is 3.92. The zero-order valence-corrected chi connectivity index (χ0v) is 15.1. The van der Waals surface area contributed by atoms with Crippen molar-refractivity contribution in [3.8, 4) is 5.75 Å². The lowest BCUT2D eigenvalue weighted by Crippen LogP contribution is -2.29. The highest BCUT2D eigenvalue weighted by Gasteiger charge is 2.16. The van der Waals surface area contributed by atoms with E-state index in [-0.39, 0.29) is 17.0 Å². The molecule has 1 amide bonds. The van der Waals surface area contributed by atoms with Gasteiger partial charge in [0.2, 0.25) is 0 Å². The zero-order valence-electron chi connectivity index (χ0n) is 15.1. The summed E-state index contributed by atoms with van der Waals surface area (Å²) in [5, 5.41) is 18.7. The number of aromatic nitrogens is 2. The van der Waals surface area contributed by atoms with E-state index in [9.17, 15) is 14.7 Å². The summed E-state index contributed by atoms with van der Waals surface area (Å²) in [5.74, 6) is -0.325. The first-order valence-corrected chi connectivity index (χ1v) is 8.71. The number of nitrogens with zero attached hydrogens (tertiary/aromatic N) is 3. The minimum absolute atomic E-state index is 0.150. The van der Waals surface area contributed by atoms with E-state index in [1.54, 1.807) is 55.5 Å². The summed E-state index contributed by atoms with van der Waals surface area (Å²) in [6.45, 7) is 4.08. The Balaban J connectivity index is 1.97. The molecular formula is C20H20N4O3. The molecule has 0 aliphatic heterocycles. The molecule has 0 unspecified atom stereocenters. The van der Waals surface area contributed by atoms with Crippen LogP contribution in [0, 0.1) is 0 Å². The van der Waals surface area contributed by atoms with Crippen LogP contribution in [0.4, 0.5) is 0 Å². The first kappa shape index (κ1) is 18.3. The average Bonchev–Trinajstić information content (AvgIpc) is 2.70. The number of fused-ring (bicyclic) bond motifs is 1. The van der Waals surface area contributed by atoms with Crippen LogP contribution in [0.2, 0.25) is 0 Å². The Labute approximate surface area is 156 Å². The number of aromatic hydroxyl groups is 1. The maximum Gasteiger partial charge on any atom is 0.292 e. The second-order valence-corrected chi connectivity index (χ2v) is 5.91. The summed E-state index contributed by atoms with van der Waals surface area (Å²) >= 11 is 0. The predicted molar refractivity (Wildman–Crippen MR) is 104 cm³/mol. The molecule has 1 aromatic heterocycles. The van der Waals surface area contributed by atoms with Gasteiger partial charge in [0, 0.05) is 11.9 Å². The third-order valence-electron chi connectivity index (χ3n) is 4.21. The summed E-state index contributed by atoms with van der Waals surface area (Å²) in [7, 11) is 0. The van der Waals surface area contributed by atoms with Crippen LogP contribution in [-0.2, 0) is 6.54 Å². The third-order valence-corrected chi connectivity index (χ3v) is 4.21. The van der Waals surface area contributed by atoms with Crippen LogP contribution < -0.4 is 11.0 Å². The van der Waals surface area contributed by atoms with Gasteiger partial charge < -0.3 is 5.11 Å². The highest BCUT2D eigenvalue weighted by atomic mass is 16.3. The average molecular weight is 364 g/mol. The maximum atomic E-state index is 12.7. The first-order chi connectivity index (χ1) is 13.0. The topological polar surface area (TPSA) is 96.6 Å². The zero-order chi connectivity index (χ0) is 19.4. The van der Waals surface area contributed by atoms with Crippen molar-refractivity contribution < 1.29 is 9.90 Å². The van der Waals surface area contributed by atoms with E-state index in [1.165, 1.54) is 4.68 Å². The van der Waals surface area contributed by atoms with Gasteiger partial charge in [-0.3, -0.25) is 9.59 Å². The third kappa shape index (κ3) is 3.72. The summed E-state index contributed by atoms with van der Waals surface area (Å²) in [6.07, 6.45) is 0.591. The largest absolute Gasteiger partial charge is 0.508 e. The summed E-state index contributed by atoms with van der Waals surface area (Å²) < 4.78 is 1.27. The maximum absolute atomic E-state index is 12.7. The van der Waals surface area contributed by atoms with E-state index >= 15 is 0 Å². The van der Waals surface area contributed by atoms with Gasteiger partial charge in [0.05, 0.1) is 11.1 Å². The van der Waals surface area contributed by atoms with Crippen molar-refractivity contribution in [1.29, 1.82) is 0 Å². The Morgan fingerprint density at radius 2 is 1.78 bits per heavy atom. The van der Waals surface area contributed by atoms with Gasteiger partial charge in [-0.1, -0.05) is 25.1 Å². The normalized spacial score (nSPS) is 11.6. The van der Waals surface area contributed by atoms with Crippen molar-refractivity contribution in [2.24, 2.45) is 5.10 Å². The van der Waals surface area contributed by atoms with Gasteiger partial charge >= 0.3 is 0 Å². The molecule has 3 rings (SSSR count). The second-order valence-electron chi connectivity index (χ2n) is 5.91. The van der Waals surface area contributed by atoms with E-state index in [1.807, 2.05) is 6.92 Å². The van der Waals surface area contributed by atoms with E-state index in [0.717, 1.165) is 5.56 Å². The Kier molecular flexibility index (Phi) is 5.30. The van der Waals surface area contributed by atoms with Gasteiger partial charge in [-0.25, -0.2) is 10.1 Å². The lowest BCUT2D eigenvalue weighted by molar-refractivity contribution is 0.0949. The Hall–Kier alpha value is -3.48. The van der Waals surface area contributed by atoms with Crippen LogP contribution in [0.3, 0.4) is 0 Å². The van der Waals surface area contributed by atoms with Gasteiger partial charge in [0.25, 0.3) is 11.5 Å². The van der Waals surface area contributed by atoms with Gasteiger partial charge in [-0.2, -0.15) is 10.2 Å². The molecule has 1 heterocycles. The molecule has 0 saturated carbocycles. The molecule has 0 aliphatic rings. The van der Waals surface area contributed by atoms with Crippen molar-refractivity contribution >= 4 is 22.4 Å². The molecular weight excluding hydrogens is 344 g/mol. The van der Waals surface area contributed by atoms with Gasteiger partial charge in [-0.05, 0) is 49.2 Å². The number of hydrogen-bond donors (Lipinski definition) is 2. The molecule has 3 aromatic rings. The van der Waals surface area contributed by atoms with Gasteiger partial charge in [0.15, 0.2) is 5.69 Å². The highest BCUT2D eigenvalue weighted by Crippen LogP contribution is 2.14. The van der Waals surface area contributed by atoms with E-state index < -0.39 is 5.91 Å². The minimum Gasteiger partial charge on any atom is -0.508 e. The van der Waals surface area contributed by atoms with Crippen molar-refractivity contribution in [2.75, 3.05) is 0 Å². The van der Waals surface area contributed by atoms with Crippen LogP contribution in [0.15, 0.2) is 58.4 Å². The molecule has 0 radical (unpaired) electrons. The molecule has 0 spiro atoms. The molecule has 0 aliphatic carbocycles. The number of phenolic OH excluding ortho intramolecular Hbond substituents is 1. The smallest absolute Gasteiger partial charge is 0.292 e. The van der Waals surface area contributed by atoms with Crippen molar-refractivity contribution in [3.05, 3.63) is 70.1 Å². The molecule has 0 fully saturated rings. The number of hydrazone groups is 1.